The van der Waals surface area contributed by atoms with Gasteiger partial charge in [0, 0.05) is 37.6 Å². The summed E-state index contributed by atoms with van der Waals surface area (Å²) < 4.78 is 29.6. The van der Waals surface area contributed by atoms with Crippen LogP contribution in [0.1, 0.15) is 56.5 Å². The predicted molar refractivity (Wildman–Crippen MR) is 170 cm³/mol. The van der Waals surface area contributed by atoms with Gasteiger partial charge in [0.2, 0.25) is 0 Å². The second-order valence-corrected chi connectivity index (χ2v) is 13.4. The van der Waals surface area contributed by atoms with Gasteiger partial charge in [-0.15, -0.1) is 0 Å². The monoisotopic (exact) mass is 619 g/mol. The number of amides is 2. The minimum Gasteiger partial charge on any atom is -0.489 e. The van der Waals surface area contributed by atoms with Crippen LogP contribution in [0, 0.1) is 5.92 Å². The van der Waals surface area contributed by atoms with E-state index in [4.69, 9.17) is 14.5 Å². The fraction of sp³-hybridized carbons (Fsp3) is 0.500. The number of hydrogen-bond donors (Lipinski definition) is 2. The highest BCUT2D eigenvalue weighted by atomic mass is 19.1. The van der Waals surface area contributed by atoms with Crippen molar-refractivity contribution < 1.29 is 28.6 Å². The molecule has 6 rings (SSSR count). The van der Waals surface area contributed by atoms with E-state index in [9.17, 15) is 19.1 Å². The van der Waals surface area contributed by atoms with Gasteiger partial charge in [0.05, 0.1) is 34.4 Å². The van der Waals surface area contributed by atoms with Gasteiger partial charge in [-0.3, -0.25) is 4.79 Å². The molecule has 0 bridgehead atoms. The zero-order valence-corrected chi connectivity index (χ0v) is 26.6. The molecule has 45 heavy (non-hydrogen) atoms. The maximum absolute atomic E-state index is 13.9. The number of ether oxygens (including phenoxy) is 2. The van der Waals surface area contributed by atoms with E-state index in [2.05, 4.69) is 26.6 Å². The van der Waals surface area contributed by atoms with Gasteiger partial charge in [0.1, 0.15) is 24.6 Å². The molecule has 1 fully saturated rings. The molecule has 240 valence electrons. The summed E-state index contributed by atoms with van der Waals surface area (Å²) in [5.41, 5.74) is 4.33. The molecule has 2 atom stereocenters. The lowest BCUT2D eigenvalue weighted by Gasteiger charge is -2.31. The fourth-order valence-corrected chi connectivity index (χ4v) is 6.04. The molecule has 0 radical (unpaired) electrons. The summed E-state index contributed by atoms with van der Waals surface area (Å²) in [5, 5.41) is 13.4. The number of alkyl carbamates (subject to hydrolysis) is 1. The first-order valence-corrected chi connectivity index (χ1v) is 15.7. The molecule has 11 heteroatoms. The molecular formula is C34H42FN5O5. The van der Waals surface area contributed by atoms with Gasteiger partial charge in [0.15, 0.2) is 5.82 Å². The number of para-hydroxylation sites is 1. The van der Waals surface area contributed by atoms with E-state index >= 15 is 0 Å². The molecule has 0 saturated heterocycles. The number of carbonyl (C=O) groups is 2. The molecule has 4 aromatic rings. The zero-order chi connectivity index (χ0) is 32.0. The Bertz CT molecular complexity index is 1750. The van der Waals surface area contributed by atoms with Crippen molar-refractivity contribution in [1.82, 2.24) is 24.3 Å². The normalized spacial score (nSPS) is 16.6. The molecule has 10 nitrogen and oxygen atoms in total. The number of nitrogens with one attached hydrogen (secondary N) is 1. The molecule has 2 aliphatic rings. The summed E-state index contributed by atoms with van der Waals surface area (Å²) in [5.74, 6) is 1.90. The molecule has 0 unspecified atom stereocenters. The largest absolute Gasteiger partial charge is 0.489 e. The molecule has 1 saturated carbocycles. The third kappa shape index (κ3) is 6.49. The van der Waals surface area contributed by atoms with E-state index in [1.165, 1.54) is 12.8 Å². The van der Waals surface area contributed by atoms with E-state index in [-0.39, 0.29) is 19.1 Å². The topological polar surface area (TPSA) is 111 Å². The number of fused-ring (bicyclic) bond motifs is 3. The number of nitrogens with zero attached hydrogens (tertiary/aromatic N) is 4. The first-order valence-electron chi connectivity index (χ1n) is 15.7. The fourth-order valence-electron chi connectivity index (χ4n) is 6.04. The Labute approximate surface area is 262 Å². The maximum atomic E-state index is 13.9. The minimum absolute atomic E-state index is 0.0419. The standard InChI is InChI=1S/C34H42FN5O5/c1-20(41)19-44-29-8-6-7-23-14-28(40(30(23)29)17-21-9-10-21)31-37-26-15-25-22(13-27(26)38(31)5)11-12-39(32(25)42)18-24(16-35)36-33(43)45-34(2,3)4/h6-8,13-15,20-21,24,41H,9-12,16-19H2,1-5H3,(H,36,43)/t20-,24-/m1/s1. The molecule has 1 aliphatic heterocycles. The van der Waals surface area contributed by atoms with Gasteiger partial charge in [-0.2, -0.15) is 0 Å². The lowest BCUT2D eigenvalue weighted by Crippen LogP contribution is -2.50. The number of aliphatic hydroxyl groups is 1. The number of rotatable bonds is 10. The van der Waals surface area contributed by atoms with E-state index < -0.39 is 30.5 Å². The second kappa shape index (κ2) is 12.0. The van der Waals surface area contributed by atoms with Gasteiger partial charge in [-0.1, -0.05) is 12.1 Å². The van der Waals surface area contributed by atoms with E-state index in [0.29, 0.717) is 30.0 Å². The van der Waals surface area contributed by atoms with Crippen LogP contribution in [0.5, 0.6) is 5.75 Å². The van der Waals surface area contributed by atoms with Crippen molar-refractivity contribution in [1.29, 1.82) is 0 Å². The molecule has 3 heterocycles. The Balaban J connectivity index is 1.32. The molecule has 1 aliphatic carbocycles. The molecule has 2 N–H and O–H groups in total. The maximum Gasteiger partial charge on any atom is 0.408 e. The highest BCUT2D eigenvalue weighted by Crippen LogP contribution is 2.39. The van der Waals surface area contributed by atoms with Crippen molar-refractivity contribution in [3.05, 3.63) is 47.5 Å². The smallest absolute Gasteiger partial charge is 0.408 e. The van der Waals surface area contributed by atoms with E-state index in [0.717, 1.165) is 45.8 Å². The number of imidazole rings is 1. The summed E-state index contributed by atoms with van der Waals surface area (Å²) in [4.78, 5) is 32.5. The summed E-state index contributed by atoms with van der Waals surface area (Å²) in [6, 6.07) is 11.1. The van der Waals surface area contributed by atoms with Crippen LogP contribution in [0.2, 0.25) is 0 Å². The number of hydrogen-bond acceptors (Lipinski definition) is 6. The quantitative estimate of drug-likeness (QED) is 0.252. The van der Waals surface area contributed by atoms with E-state index in [1.54, 1.807) is 32.6 Å². The van der Waals surface area contributed by atoms with Crippen molar-refractivity contribution in [3.63, 3.8) is 0 Å². The van der Waals surface area contributed by atoms with Gasteiger partial charge in [-0.25, -0.2) is 14.2 Å². The lowest BCUT2D eigenvalue weighted by molar-refractivity contribution is 0.0466. The van der Waals surface area contributed by atoms with Crippen LogP contribution < -0.4 is 10.1 Å². The van der Waals surface area contributed by atoms with Crippen LogP contribution >= 0.6 is 0 Å². The first kappa shape index (κ1) is 30.9. The van der Waals surface area contributed by atoms with Crippen molar-refractivity contribution in [2.45, 2.75) is 71.2 Å². The van der Waals surface area contributed by atoms with Gasteiger partial charge in [-0.05, 0) is 82.7 Å². The zero-order valence-electron chi connectivity index (χ0n) is 26.6. The van der Waals surface area contributed by atoms with E-state index in [1.807, 2.05) is 31.3 Å². The number of alkyl halides is 1. The highest BCUT2D eigenvalue weighted by molar-refractivity contribution is 6.01. The first-order chi connectivity index (χ1) is 21.4. The number of benzene rings is 2. The Hall–Kier alpha value is -4.12. The van der Waals surface area contributed by atoms with Crippen LogP contribution in [-0.4, -0.2) is 80.2 Å². The summed E-state index contributed by atoms with van der Waals surface area (Å²) in [6.07, 6.45) is 1.67. The van der Waals surface area contributed by atoms with Crippen molar-refractivity contribution >= 4 is 33.9 Å². The van der Waals surface area contributed by atoms with Crippen molar-refractivity contribution in [2.75, 3.05) is 26.4 Å². The second-order valence-electron chi connectivity index (χ2n) is 13.4. The van der Waals surface area contributed by atoms with Gasteiger partial charge in [0.25, 0.3) is 5.91 Å². The van der Waals surface area contributed by atoms with Crippen LogP contribution in [0.15, 0.2) is 36.4 Å². The Morgan fingerprint density at radius 3 is 2.69 bits per heavy atom. The molecule has 2 amide bonds. The molecular weight excluding hydrogens is 577 g/mol. The Kier molecular flexibility index (Phi) is 8.24. The number of aromatic nitrogens is 3. The highest BCUT2D eigenvalue weighted by Gasteiger charge is 2.31. The Morgan fingerprint density at radius 2 is 2.00 bits per heavy atom. The number of carbonyl (C=O) groups excluding carboxylic acids is 2. The van der Waals surface area contributed by atoms with Gasteiger partial charge < -0.3 is 33.9 Å². The van der Waals surface area contributed by atoms with Crippen molar-refractivity contribution in [2.24, 2.45) is 13.0 Å². The predicted octanol–water partition coefficient (Wildman–Crippen LogP) is 5.23. The minimum atomic E-state index is -0.876. The third-order valence-electron chi connectivity index (χ3n) is 8.35. The molecule has 0 spiro atoms. The SMILES string of the molecule is C[C@@H](O)COc1cccc2cc(-c3nc4cc5c(cc4n3C)CCN(C[C@@H](CF)NC(=O)OC(C)(C)C)C5=O)n(CC3CC3)c12. The Morgan fingerprint density at radius 1 is 1.22 bits per heavy atom. The van der Waals surface area contributed by atoms with Crippen LogP contribution in [-0.2, 0) is 24.8 Å². The summed E-state index contributed by atoms with van der Waals surface area (Å²) in [6.45, 7) is 7.61. The molecule has 2 aromatic carbocycles. The lowest BCUT2D eigenvalue weighted by atomic mass is 9.97. The third-order valence-corrected chi connectivity index (χ3v) is 8.35. The summed E-state index contributed by atoms with van der Waals surface area (Å²) >= 11 is 0. The molecule has 2 aromatic heterocycles. The van der Waals surface area contributed by atoms with Crippen LogP contribution in [0.4, 0.5) is 9.18 Å². The van der Waals surface area contributed by atoms with Crippen molar-refractivity contribution in [3.8, 4) is 17.3 Å². The average molecular weight is 620 g/mol. The van der Waals surface area contributed by atoms with Crippen LogP contribution in [0.3, 0.4) is 0 Å². The number of aliphatic hydroxyl groups excluding tert-OH is 1. The van der Waals surface area contributed by atoms with Crippen LogP contribution in [0.25, 0.3) is 33.5 Å². The number of halogens is 1. The number of aryl methyl sites for hydroxylation is 1. The average Bonchev–Trinajstić information content (AvgIpc) is 3.65. The summed E-state index contributed by atoms with van der Waals surface area (Å²) in [7, 11) is 1.99. The van der Waals surface area contributed by atoms with Gasteiger partial charge >= 0.3 is 6.09 Å².